The van der Waals surface area contributed by atoms with Crippen LogP contribution in [-0.2, 0) is 4.75 Å². The Bertz CT molecular complexity index is 511. The van der Waals surface area contributed by atoms with E-state index in [4.69, 9.17) is 12.2 Å². The SMILES string of the molecule is Cc1cc(C(C)(C)SC(=S)N2CCCCC2)cc(C)c1O. The van der Waals surface area contributed by atoms with E-state index in [1.165, 1.54) is 24.8 Å². The summed E-state index contributed by atoms with van der Waals surface area (Å²) in [6.07, 6.45) is 3.82. The summed E-state index contributed by atoms with van der Waals surface area (Å²) in [5, 5.41) is 9.94. The minimum absolute atomic E-state index is 0.0856. The molecular formula is C17H25NOS2. The van der Waals surface area contributed by atoms with Crippen LogP contribution in [-0.4, -0.2) is 27.4 Å². The molecule has 0 spiro atoms. The van der Waals surface area contributed by atoms with Crippen LogP contribution in [0.25, 0.3) is 0 Å². The molecule has 1 aromatic carbocycles. The third-order valence-corrected chi connectivity index (χ3v) is 5.83. The molecule has 0 unspecified atom stereocenters. The Morgan fingerprint density at radius 2 is 1.67 bits per heavy atom. The van der Waals surface area contributed by atoms with Crippen molar-refractivity contribution in [3.8, 4) is 5.75 Å². The van der Waals surface area contributed by atoms with Gasteiger partial charge in [-0.2, -0.15) is 0 Å². The predicted molar refractivity (Wildman–Crippen MR) is 96.2 cm³/mol. The van der Waals surface area contributed by atoms with E-state index in [-0.39, 0.29) is 4.75 Å². The van der Waals surface area contributed by atoms with Gasteiger partial charge in [-0.1, -0.05) is 36.1 Å². The lowest BCUT2D eigenvalue weighted by molar-refractivity contribution is 0.352. The largest absolute Gasteiger partial charge is 0.507 e. The lowest BCUT2D eigenvalue weighted by atomic mass is 9.97. The van der Waals surface area contributed by atoms with Gasteiger partial charge in [-0.05, 0) is 63.6 Å². The summed E-state index contributed by atoms with van der Waals surface area (Å²) in [5.74, 6) is 0.401. The molecule has 1 N–H and O–H groups in total. The second kappa shape index (κ2) is 6.57. The number of rotatable bonds is 2. The van der Waals surface area contributed by atoms with Crippen LogP contribution in [0.1, 0.15) is 49.8 Å². The zero-order valence-corrected chi connectivity index (χ0v) is 15.0. The Kier molecular flexibility index (Phi) is 5.20. The van der Waals surface area contributed by atoms with Crippen molar-refractivity contribution in [1.82, 2.24) is 4.90 Å². The van der Waals surface area contributed by atoms with E-state index >= 15 is 0 Å². The van der Waals surface area contributed by atoms with Gasteiger partial charge in [-0.15, -0.1) is 0 Å². The van der Waals surface area contributed by atoms with Crippen molar-refractivity contribution in [3.05, 3.63) is 28.8 Å². The molecule has 0 saturated carbocycles. The molecule has 4 heteroatoms. The molecule has 1 aliphatic rings. The van der Waals surface area contributed by atoms with Crippen molar-refractivity contribution >= 4 is 28.3 Å². The van der Waals surface area contributed by atoms with Crippen molar-refractivity contribution in [2.45, 2.75) is 51.7 Å². The van der Waals surface area contributed by atoms with Crippen LogP contribution >= 0.6 is 24.0 Å². The van der Waals surface area contributed by atoms with Gasteiger partial charge in [0.05, 0.1) is 0 Å². The van der Waals surface area contributed by atoms with Crippen molar-refractivity contribution in [1.29, 1.82) is 0 Å². The van der Waals surface area contributed by atoms with Crippen LogP contribution in [0.5, 0.6) is 5.75 Å². The number of benzene rings is 1. The normalized spacial score (nSPS) is 16.1. The van der Waals surface area contributed by atoms with Crippen molar-refractivity contribution in [2.75, 3.05) is 13.1 Å². The van der Waals surface area contributed by atoms with Gasteiger partial charge in [0.15, 0.2) is 0 Å². The van der Waals surface area contributed by atoms with Crippen LogP contribution < -0.4 is 0 Å². The highest BCUT2D eigenvalue weighted by atomic mass is 32.2. The van der Waals surface area contributed by atoms with E-state index in [9.17, 15) is 5.11 Å². The second-order valence-corrected chi connectivity index (χ2v) is 8.64. The number of aromatic hydroxyl groups is 1. The number of thioether (sulfide) groups is 1. The van der Waals surface area contributed by atoms with Gasteiger partial charge in [-0.3, -0.25) is 0 Å². The lowest BCUT2D eigenvalue weighted by Gasteiger charge is -2.33. The van der Waals surface area contributed by atoms with Gasteiger partial charge in [0.1, 0.15) is 10.1 Å². The molecule has 116 valence electrons. The number of likely N-dealkylation sites (tertiary alicyclic amines) is 1. The number of nitrogens with zero attached hydrogens (tertiary/aromatic N) is 1. The Hall–Kier alpha value is -0.740. The Morgan fingerprint density at radius 1 is 1.14 bits per heavy atom. The number of piperidine rings is 1. The quantitative estimate of drug-likeness (QED) is 0.794. The first-order chi connectivity index (χ1) is 9.81. The highest BCUT2D eigenvalue weighted by Gasteiger charge is 2.27. The summed E-state index contributed by atoms with van der Waals surface area (Å²) >= 11 is 7.41. The Morgan fingerprint density at radius 3 is 2.19 bits per heavy atom. The molecule has 0 bridgehead atoms. The van der Waals surface area contributed by atoms with Gasteiger partial charge in [-0.25, -0.2) is 0 Å². The van der Waals surface area contributed by atoms with E-state index in [0.29, 0.717) is 5.75 Å². The maximum Gasteiger partial charge on any atom is 0.137 e. The van der Waals surface area contributed by atoms with E-state index in [2.05, 4.69) is 30.9 Å². The smallest absolute Gasteiger partial charge is 0.137 e. The van der Waals surface area contributed by atoms with Crippen LogP contribution in [0.4, 0.5) is 0 Å². The topological polar surface area (TPSA) is 23.5 Å². The maximum atomic E-state index is 9.94. The lowest BCUT2D eigenvalue weighted by Crippen LogP contribution is -2.34. The number of aryl methyl sites for hydroxylation is 2. The minimum Gasteiger partial charge on any atom is -0.507 e. The fourth-order valence-electron chi connectivity index (χ4n) is 2.72. The number of thiocarbonyl (C=S) groups is 1. The molecule has 1 saturated heterocycles. The van der Waals surface area contributed by atoms with Crippen molar-refractivity contribution in [2.24, 2.45) is 0 Å². The molecule has 0 aromatic heterocycles. The summed E-state index contributed by atoms with van der Waals surface area (Å²) in [7, 11) is 0. The third kappa shape index (κ3) is 3.92. The first kappa shape index (κ1) is 16.6. The summed E-state index contributed by atoms with van der Waals surface area (Å²) in [6, 6.07) is 4.16. The van der Waals surface area contributed by atoms with E-state index in [1.807, 2.05) is 13.8 Å². The number of hydrogen-bond acceptors (Lipinski definition) is 3. The summed E-state index contributed by atoms with van der Waals surface area (Å²) < 4.78 is 0.917. The number of phenolic OH excluding ortho intramolecular Hbond substituents is 1. The standard InChI is InChI=1S/C17H25NOS2/c1-12-10-14(11-13(2)15(12)19)17(3,4)21-16(20)18-8-6-5-7-9-18/h10-11,19H,5-9H2,1-4H3. The van der Waals surface area contributed by atoms with Gasteiger partial charge in [0.25, 0.3) is 0 Å². The third-order valence-electron chi connectivity index (χ3n) is 4.14. The fraction of sp³-hybridized carbons (Fsp3) is 0.588. The number of hydrogen-bond donors (Lipinski definition) is 1. The first-order valence-electron chi connectivity index (χ1n) is 7.60. The molecule has 2 nitrogen and oxygen atoms in total. The molecule has 2 rings (SSSR count). The molecule has 1 aromatic rings. The maximum absolute atomic E-state index is 9.94. The molecule has 21 heavy (non-hydrogen) atoms. The minimum atomic E-state index is -0.0856. The van der Waals surface area contributed by atoms with Gasteiger partial charge < -0.3 is 10.0 Å². The summed E-state index contributed by atoms with van der Waals surface area (Å²) in [6.45, 7) is 10.5. The second-order valence-electron chi connectivity index (χ2n) is 6.38. The Labute approximate surface area is 137 Å². The molecular weight excluding hydrogens is 298 g/mol. The van der Waals surface area contributed by atoms with E-state index < -0.39 is 0 Å². The zero-order chi connectivity index (χ0) is 15.6. The predicted octanol–water partition coefficient (Wildman–Crippen LogP) is 4.75. The van der Waals surface area contributed by atoms with Gasteiger partial charge in [0.2, 0.25) is 0 Å². The van der Waals surface area contributed by atoms with Gasteiger partial charge >= 0.3 is 0 Å². The molecule has 1 fully saturated rings. The highest BCUT2D eigenvalue weighted by Crippen LogP contribution is 2.40. The van der Waals surface area contributed by atoms with E-state index in [1.54, 1.807) is 11.8 Å². The van der Waals surface area contributed by atoms with Crippen LogP contribution in [0.2, 0.25) is 0 Å². The Balaban J connectivity index is 2.15. The average Bonchev–Trinajstić information content (AvgIpc) is 2.44. The fourth-order valence-corrected chi connectivity index (χ4v) is 4.51. The molecule has 0 aliphatic carbocycles. The van der Waals surface area contributed by atoms with Crippen LogP contribution in [0.15, 0.2) is 12.1 Å². The van der Waals surface area contributed by atoms with Crippen molar-refractivity contribution < 1.29 is 5.11 Å². The highest BCUT2D eigenvalue weighted by molar-refractivity contribution is 8.23. The van der Waals surface area contributed by atoms with Gasteiger partial charge in [0, 0.05) is 17.8 Å². The van der Waals surface area contributed by atoms with E-state index in [0.717, 1.165) is 28.5 Å². The summed E-state index contributed by atoms with van der Waals surface area (Å²) in [5.41, 5.74) is 3.09. The monoisotopic (exact) mass is 323 g/mol. The number of phenols is 1. The average molecular weight is 324 g/mol. The first-order valence-corrected chi connectivity index (χ1v) is 8.82. The molecule has 0 radical (unpaired) electrons. The van der Waals surface area contributed by atoms with Crippen LogP contribution in [0.3, 0.4) is 0 Å². The zero-order valence-electron chi connectivity index (χ0n) is 13.4. The van der Waals surface area contributed by atoms with Crippen LogP contribution in [0, 0.1) is 13.8 Å². The summed E-state index contributed by atoms with van der Waals surface area (Å²) in [4.78, 5) is 2.34. The van der Waals surface area contributed by atoms with Crippen molar-refractivity contribution in [3.63, 3.8) is 0 Å². The molecule has 0 amide bonds. The molecule has 0 atom stereocenters. The molecule has 1 aliphatic heterocycles. The molecule has 1 heterocycles.